The number of nitrogens with zero attached hydrogens (tertiary/aromatic N) is 1. The molecule has 0 aliphatic rings. The minimum absolute atomic E-state index is 0.825. The van der Waals surface area contributed by atoms with Gasteiger partial charge in [0.15, 0.2) is 0 Å². The summed E-state index contributed by atoms with van der Waals surface area (Å²) in [6.07, 6.45) is 2.67. The van der Waals surface area contributed by atoms with E-state index in [-0.39, 0.29) is 0 Å². The smallest absolute Gasteiger partial charge is 0.111 e. The molecule has 0 atom stereocenters. The Hall–Kier alpha value is -2.35. The first-order chi connectivity index (χ1) is 8.86. The van der Waals surface area contributed by atoms with E-state index in [0.29, 0.717) is 0 Å². The first-order valence-corrected chi connectivity index (χ1v) is 6.01. The van der Waals surface area contributed by atoms with Crippen molar-refractivity contribution < 1.29 is 0 Å². The van der Waals surface area contributed by atoms with Crippen LogP contribution < -0.4 is 0 Å². The van der Waals surface area contributed by atoms with Gasteiger partial charge in [0, 0.05) is 12.0 Å². The minimum atomic E-state index is 0.825. The number of aromatic amines is 1. The van der Waals surface area contributed by atoms with Gasteiger partial charge in [-0.1, -0.05) is 55.1 Å². The number of benzene rings is 2. The summed E-state index contributed by atoms with van der Waals surface area (Å²) in [6.45, 7) is 3.82. The predicted molar refractivity (Wildman–Crippen MR) is 75.4 cm³/mol. The van der Waals surface area contributed by atoms with Gasteiger partial charge >= 0.3 is 0 Å². The first kappa shape index (κ1) is 10.8. The summed E-state index contributed by atoms with van der Waals surface area (Å²) in [7, 11) is 0. The summed E-state index contributed by atoms with van der Waals surface area (Å²) in [5, 5.41) is 0. The van der Waals surface area contributed by atoms with Crippen LogP contribution in [0.4, 0.5) is 0 Å². The van der Waals surface area contributed by atoms with E-state index in [1.54, 1.807) is 0 Å². The van der Waals surface area contributed by atoms with E-state index in [2.05, 4.69) is 28.7 Å². The third kappa shape index (κ3) is 1.93. The van der Waals surface area contributed by atoms with E-state index in [1.165, 1.54) is 5.56 Å². The van der Waals surface area contributed by atoms with Crippen LogP contribution in [-0.4, -0.2) is 9.97 Å². The summed E-state index contributed by atoms with van der Waals surface area (Å²) >= 11 is 0. The Morgan fingerprint density at radius 2 is 1.89 bits per heavy atom. The zero-order chi connectivity index (χ0) is 12.4. The largest absolute Gasteiger partial charge is 0.342 e. The van der Waals surface area contributed by atoms with Gasteiger partial charge in [-0.25, -0.2) is 4.98 Å². The van der Waals surface area contributed by atoms with Crippen molar-refractivity contribution in [3.63, 3.8) is 0 Å². The number of imidazole rings is 1. The summed E-state index contributed by atoms with van der Waals surface area (Å²) in [5.41, 5.74) is 4.40. The quantitative estimate of drug-likeness (QED) is 0.733. The number of hydrogen-bond acceptors (Lipinski definition) is 1. The molecule has 2 nitrogen and oxygen atoms in total. The average molecular weight is 234 g/mol. The van der Waals surface area contributed by atoms with Gasteiger partial charge in [0.25, 0.3) is 0 Å². The summed E-state index contributed by atoms with van der Waals surface area (Å²) in [6, 6.07) is 16.4. The molecule has 1 N–H and O–H groups in total. The molecule has 0 fully saturated rings. The van der Waals surface area contributed by atoms with E-state index in [0.717, 1.165) is 28.8 Å². The monoisotopic (exact) mass is 234 g/mol. The summed E-state index contributed by atoms with van der Waals surface area (Å²) in [5.74, 6) is 0.991. The number of aromatic nitrogens is 2. The Morgan fingerprint density at radius 1 is 1.06 bits per heavy atom. The maximum absolute atomic E-state index is 4.65. The second kappa shape index (κ2) is 4.49. The third-order valence-electron chi connectivity index (χ3n) is 3.03. The lowest BCUT2D eigenvalue weighted by Crippen LogP contribution is -1.89. The molecule has 3 aromatic rings. The zero-order valence-corrected chi connectivity index (χ0v) is 10.1. The number of hydrogen-bond donors (Lipinski definition) is 1. The van der Waals surface area contributed by atoms with Crippen LogP contribution in [0.15, 0.2) is 55.1 Å². The van der Waals surface area contributed by atoms with Crippen molar-refractivity contribution in [2.45, 2.75) is 6.42 Å². The topological polar surface area (TPSA) is 28.7 Å². The van der Waals surface area contributed by atoms with E-state index in [1.807, 2.05) is 42.5 Å². The fourth-order valence-corrected chi connectivity index (χ4v) is 2.14. The van der Waals surface area contributed by atoms with Crippen molar-refractivity contribution in [3.05, 3.63) is 72.1 Å². The van der Waals surface area contributed by atoms with Gasteiger partial charge in [-0.05, 0) is 11.6 Å². The van der Waals surface area contributed by atoms with Gasteiger partial charge in [0.2, 0.25) is 0 Å². The molecule has 1 aromatic heterocycles. The van der Waals surface area contributed by atoms with Crippen LogP contribution in [0.2, 0.25) is 0 Å². The maximum atomic E-state index is 4.65. The lowest BCUT2D eigenvalue weighted by molar-refractivity contribution is 1.04. The molecule has 0 bridgehead atoms. The zero-order valence-electron chi connectivity index (χ0n) is 10.1. The Bertz CT molecular complexity index is 681. The lowest BCUT2D eigenvalue weighted by Gasteiger charge is -1.96. The van der Waals surface area contributed by atoms with E-state index in [4.69, 9.17) is 0 Å². The molecule has 0 aliphatic carbocycles. The van der Waals surface area contributed by atoms with E-state index >= 15 is 0 Å². The maximum Gasteiger partial charge on any atom is 0.111 e. The molecule has 2 aromatic carbocycles. The first-order valence-electron chi connectivity index (χ1n) is 6.01. The van der Waals surface area contributed by atoms with Gasteiger partial charge < -0.3 is 4.98 Å². The normalized spacial score (nSPS) is 10.7. The van der Waals surface area contributed by atoms with Crippen LogP contribution in [0.3, 0.4) is 0 Å². The van der Waals surface area contributed by atoms with E-state index < -0.39 is 0 Å². The summed E-state index contributed by atoms with van der Waals surface area (Å²) < 4.78 is 0. The van der Waals surface area contributed by atoms with Crippen LogP contribution in [0.5, 0.6) is 0 Å². The van der Waals surface area contributed by atoms with Crippen LogP contribution in [0.1, 0.15) is 17.0 Å². The van der Waals surface area contributed by atoms with Gasteiger partial charge in [-0.2, -0.15) is 0 Å². The second-order valence-electron chi connectivity index (χ2n) is 4.29. The highest BCUT2D eigenvalue weighted by molar-refractivity contribution is 5.84. The lowest BCUT2D eigenvalue weighted by atomic mass is 10.1. The molecule has 0 saturated heterocycles. The van der Waals surface area contributed by atoms with Crippen molar-refractivity contribution >= 4 is 17.1 Å². The molecule has 3 rings (SSSR count). The molecule has 0 amide bonds. The van der Waals surface area contributed by atoms with Crippen LogP contribution in [0.25, 0.3) is 17.1 Å². The molecule has 0 aliphatic heterocycles. The van der Waals surface area contributed by atoms with Crippen LogP contribution >= 0.6 is 0 Å². The Kier molecular flexibility index (Phi) is 2.69. The highest BCUT2D eigenvalue weighted by atomic mass is 14.9. The fourth-order valence-electron chi connectivity index (χ4n) is 2.14. The highest BCUT2D eigenvalue weighted by Gasteiger charge is 2.05. The highest BCUT2D eigenvalue weighted by Crippen LogP contribution is 2.18. The number of fused-ring (bicyclic) bond motifs is 1. The molecular formula is C16H14N2. The van der Waals surface area contributed by atoms with Crippen molar-refractivity contribution in [3.8, 4) is 0 Å². The van der Waals surface area contributed by atoms with Gasteiger partial charge in [0.05, 0.1) is 11.0 Å². The fraction of sp³-hybridized carbons (Fsp3) is 0.0625. The molecule has 0 saturated carbocycles. The van der Waals surface area contributed by atoms with Gasteiger partial charge in [-0.15, -0.1) is 0 Å². The molecule has 2 heteroatoms. The van der Waals surface area contributed by atoms with Crippen molar-refractivity contribution in [2.75, 3.05) is 0 Å². The number of H-pyrrole nitrogens is 1. The molecule has 1 heterocycles. The van der Waals surface area contributed by atoms with E-state index in [9.17, 15) is 0 Å². The molecule has 0 unspecified atom stereocenters. The summed E-state index contributed by atoms with van der Waals surface area (Å²) in [4.78, 5) is 8.01. The number of rotatable bonds is 3. The minimum Gasteiger partial charge on any atom is -0.342 e. The molecule has 0 spiro atoms. The standard InChI is InChI=1S/C16H14N2/c1-2-13-9-6-10-14-16(13)18-15(17-14)11-12-7-4-3-5-8-12/h2-10H,1,11H2,(H,17,18). The van der Waals surface area contributed by atoms with Gasteiger partial charge in [-0.3, -0.25) is 0 Å². The van der Waals surface area contributed by atoms with Crippen molar-refractivity contribution in [1.82, 2.24) is 9.97 Å². The molecule has 88 valence electrons. The van der Waals surface area contributed by atoms with Crippen LogP contribution in [-0.2, 0) is 6.42 Å². The number of nitrogens with one attached hydrogen (secondary N) is 1. The molecule has 18 heavy (non-hydrogen) atoms. The Labute approximate surface area is 106 Å². The third-order valence-corrected chi connectivity index (χ3v) is 3.03. The van der Waals surface area contributed by atoms with Gasteiger partial charge in [0.1, 0.15) is 5.82 Å². The van der Waals surface area contributed by atoms with Crippen molar-refractivity contribution in [1.29, 1.82) is 0 Å². The molecular weight excluding hydrogens is 220 g/mol. The molecule has 0 radical (unpaired) electrons. The Balaban J connectivity index is 2.01. The van der Waals surface area contributed by atoms with Crippen molar-refractivity contribution in [2.24, 2.45) is 0 Å². The second-order valence-corrected chi connectivity index (χ2v) is 4.29. The predicted octanol–water partition coefficient (Wildman–Crippen LogP) is 3.80. The Morgan fingerprint density at radius 3 is 2.67 bits per heavy atom. The number of para-hydroxylation sites is 1. The average Bonchev–Trinajstić information content (AvgIpc) is 2.82. The SMILES string of the molecule is C=Cc1cccc2[nH]c(Cc3ccccc3)nc12. The van der Waals surface area contributed by atoms with Crippen LogP contribution in [0, 0.1) is 0 Å².